The summed E-state index contributed by atoms with van der Waals surface area (Å²) in [5, 5.41) is 12.4. The van der Waals surface area contributed by atoms with Gasteiger partial charge in [-0.3, -0.25) is 9.69 Å². The highest BCUT2D eigenvalue weighted by Gasteiger charge is 2.27. The first-order chi connectivity index (χ1) is 8.81. The van der Waals surface area contributed by atoms with E-state index >= 15 is 0 Å². The van der Waals surface area contributed by atoms with Crippen molar-refractivity contribution < 1.29 is 9.90 Å². The van der Waals surface area contributed by atoms with Gasteiger partial charge in [-0.25, -0.2) is 0 Å². The number of nitrogens with zero attached hydrogens (tertiary/aromatic N) is 2. The summed E-state index contributed by atoms with van der Waals surface area (Å²) in [7, 11) is 0. The molecule has 1 saturated heterocycles. The van der Waals surface area contributed by atoms with Crippen LogP contribution < -0.4 is 5.32 Å². The van der Waals surface area contributed by atoms with E-state index in [-0.39, 0.29) is 12.5 Å². The quantitative estimate of drug-likeness (QED) is 0.705. The van der Waals surface area contributed by atoms with Gasteiger partial charge in [0.15, 0.2) is 0 Å². The second-order valence-electron chi connectivity index (χ2n) is 5.28. The van der Waals surface area contributed by atoms with Gasteiger partial charge >= 0.3 is 0 Å². The van der Waals surface area contributed by atoms with E-state index < -0.39 is 0 Å². The fourth-order valence-corrected chi connectivity index (χ4v) is 2.99. The van der Waals surface area contributed by atoms with Crippen molar-refractivity contribution in [1.29, 1.82) is 0 Å². The Hall–Kier alpha value is -0.650. The van der Waals surface area contributed by atoms with Crippen molar-refractivity contribution in [2.75, 3.05) is 45.9 Å². The molecule has 0 aromatic heterocycles. The largest absolute Gasteiger partial charge is 0.395 e. The molecular formula is C13H25N3O2. The zero-order valence-corrected chi connectivity index (χ0v) is 11.1. The fourth-order valence-electron chi connectivity index (χ4n) is 2.99. The van der Waals surface area contributed by atoms with Crippen LogP contribution in [0.2, 0.25) is 0 Å². The number of hydrogen-bond donors (Lipinski definition) is 2. The van der Waals surface area contributed by atoms with Gasteiger partial charge in [-0.05, 0) is 12.8 Å². The van der Waals surface area contributed by atoms with Gasteiger partial charge < -0.3 is 15.3 Å². The van der Waals surface area contributed by atoms with Gasteiger partial charge in [-0.2, -0.15) is 0 Å². The lowest BCUT2D eigenvalue weighted by atomic mass is 10.2. The fraction of sp³-hybridized carbons (Fsp3) is 0.923. The minimum atomic E-state index is 0.0732. The number of piperazine rings is 1. The first kappa shape index (κ1) is 13.8. The molecule has 1 heterocycles. The highest BCUT2D eigenvalue weighted by Crippen LogP contribution is 2.23. The molecule has 104 valence electrons. The molecule has 0 bridgehead atoms. The van der Waals surface area contributed by atoms with Crippen LogP contribution in [-0.4, -0.2) is 72.7 Å². The molecule has 1 amide bonds. The van der Waals surface area contributed by atoms with Crippen molar-refractivity contribution in [3.63, 3.8) is 0 Å². The number of nitrogens with one attached hydrogen (secondary N) is 1. The second-order valence-corrected chi connectivity index (χ2v) is 5.28. The predicted molar refractivity (Wildman–Crippen MR) is 70.4 cm³/mol. The Morgan fingerprint density at radius 2 is 1.94 bits per heavy atom. The van der Waals surface area contributed by atoms with E-state index in [1.165, 1.54) is 12.8 Å². The first-order valence-corrected chi connectivity index (χ1v) is 7.14. The molecule has 1 saturated carbocycles. The van der Waals surface area contributed by atoms with Crippen LogP contribution in [0.1, 0.15) is 25.7 Å². The third-order valence-corrected chi connectivity index (χ3v) is 4.00. The maximum Gasteiger partial charge on any atom is 0.237 e. The summed E-state index contributed by atoms with van der Waals surface area (Å²) in [4.78, 5) is 16.5. The number of carbonyl (C=O) groups excluding carboxylic acids is 1. The molecule has 0 radical (unpaired) electrons. The Morgan fingerprint density at radius 3 is 2.56 bits per heavy atom. The van der Waals surface area contributed by atoms with E-state index in [1.54, 1.807) is 0 Å². The number of amides is 1. The van der Waals surface area contributed by atoms with E-state index in [4.69, 9.17) is 5.11 Å². The van der Waals surface area contributed by atoms with E-state index in [1.807, 2.05) is 4.90 Å². The molecule has 1 aliphatic carbocycles. The maximum absolute atomic E-state index is 12.3. The van der Waals surface area contributed by atoms with Crippen LogP contribution in [0.25, 0.3) is 0 Å². The maximum atomic E-state index is 12.3. The standard InChI is InChI=1S/C13H25N3O2/c17-10-9-16(12-3-1-2-4-12)13(18)11-15-7-5-14-6-8-15/h12,14,17H,1-11H2. The van der Waals surface area contributed by atoms with Crippen LogP contribution in [-0.2, 0) is 4.79 Å². The summed E-state index contributed by atoms with van der Waals surface area (Å²) >= 11 is 0. The zero-order chi connectivity index (χ0) is 12.8. The molecule has 2 N–H and O–H groups in total. The normalized spacial score (nSPS) is 22.3. The van der Waals surface area contributed by atoms with E-state index in [0.29, 0.717) is 19.1 Å². The molecule has 0 spiro atoms. The number of carbonyl (C=O) groups is 1. The number of hydrogen-bond acceptors (Lipinski definition) is 4. The molecule has 18 heavy (non-hydrogen) atoms. The molecular weight excluding hydrogens is 230 g/mol. The Balaban J connectivity index is 1.85. The van der Waals surface area contributed by atoms with Crippen molar-refractivity contribution in [3.05, 3.63) is 0 Å². The van der Waals surface area contributed by atoms with Crippen LogP contribution in [0.5, 0.6) is 0 Å². The summed E-state index contributed by atoms with van der Waals surface area (Å²) in [6.07, 6.45) is 4.64. The highest BCUT2D eigenvalue weighted by atomic mass is 16.3. The van der Waals surface area contributed by atoms with Crippen molar-refractivity contribution >= 4 is 5.91 Å². The average Bonchev–Trinajstić information content (AvgIpc) is 2.90. The number of aliphatic hydroxyl groups excluding tert-OH is 1. The molecule has 2 fully saturated rings. The molecule has 5 nitrogen and oxygen atoms in total. The van der Waals surface area contributed by atoms with E-state index in [9.17, 15) is 4.79 Å². The summed E-state index contributed by atoms with van der Waals surface area (Å²) in [6.45, 7) is 4.91. The van der Waals surface area contributed by atoms with Crippen molar-refractivity contribution in [2.45, 2.75) is 31.7 Å². The molecule has 0 aromatic rings. The van der Waals surface area contributed by atoms with Gasteiger partial charge in [0, 0.05) is 38.8 Å². The van der Waals surface area contributed by atoms with Crippen molar-refractivity contribution in [1.82, 2.24) is 15.1 Å². The smallest absolute Gasteiger partial charge is 0.237 e. The Labute approximate surface area is 109 Å². The van der Waals surface area contributed by atoms with Crippen LogP contribution in [0.15, 0.2) is 0 Å². The lowest BCUT2D eigenvalue weighted by Crippen LogP contribution is -2.50. The van der Waals surface area contributed by atoms with Gasteiger partial charge in [0.2, 0.25) is 5.91 Å². The Kier molecular flexibility index (Phi) is 5.41. The summed E-state index contributed by atoms with van der Waals surface area (Å²) in [5.41, 5.74) is 0. The van der Waals surface area contributed by atoms with Crippen LogP contribution in [0.4, 0.5) is 0 Å². The molecule has 0 atom stereocenters. The van der Waals surface area contributed by atoms with Gasteiger partial charge in [0.05, 0.1) is 13.2 Å². The molecule has 0 unspecified atom stereocenters. The van der Waals surface area contributed by atoms with Gasteiger partial charge in [-0.1, -0.05) is 12.8 Å². The Morgan fingerprint density at radius 1 is 1.28 bits per heavy atom. The Bertz CT molecular complexity index is 261. The first-order valence-electron chi connectivity index (χ1n) is 7.14. The third kappa shape index (κ3) is 3.67. The number of aliphatic hydroxyl groups is 1. The number of rotatable bonds is 5. The lowest BCUT2D eigenvalue weighted by molar-refractivity contribution is -0.135. The lowest BCUT2D eigenvalue weighted by Gasteiger charge is -2.32. The van der Waals surface area contributed by atoms with Crippen LogP contribution >= 0.6 is 0 Å². The minimum absolute atomic E-state index is 0.0732. The molecule has 5 heteroatoms. The zero-order valence-electron chi connectivity index (χ0n) is 11.1. The minimum Gasteiger partial charge on any atom is -0.395 e. The summed E-state index contributed by atoms with van der Waals surface area (Å²) in [6, 6.07) is 0.368. The third-order valence-electron chi connectivity index (χ3n) is 4.00. The van der Waals surface area contributed by atoms with E-state index in [0.717, 1.165) is 39.0 Å². The van der Waals surface area contributed by atoms with Gasteiger partial charge in [-0.15, -0.1) is 0 Å². The molecule has 1 aliphatic heterocycles. The van der Waals surface area contributed by atoms with Gasteiger partial charge in [0.1, 0.15) is 0 Å². The monoisotopic (exact) mass is 255 g/mol. The molecule has 0 aromatic carbocycles. The van der Waals surface area contributed by atoms with Crippen molar-refractivity contribution in [2.24, 2.45) is 0 Å². The average molecular weight is 255 g/mol. The topological polar surface area (TPSA) is 55.8 Å². The molecule has 2 aliphatic rings. The van der Waals surface area contributed by atoms with Crippen LogP contribution in [0.3, 0.4) is 0 Å². The summed E-state index contributed by atoms with van der Waals surface area (Å²) < 4.78 is 0. The SMILES string of the molecule is O=C(CN1CCNCC1)N(CCO)C1CCCC1. The summed E-state index contributed by atoms with van der Waals surface area (Å²) in [5.74, 6) is 0.192. The second kappa shape index (κ2) is 7.07. The van der Waals surface area contributed by atoms with Crippen LogP contribution in [0, 0.1) is 0 Å². The van der Waals surface area contributed by atoms with E-state index in [2.05, 4.69) is 10.2 Å². The van der Waals surface area contributed by atoms with Gasteiger partial charge in [0.25, 0.3) is 0 Å². The predicted octanol–water partition coefficient (Wildman–Crippen LogP) is -0.345. The highest BCUT2D eigenvalue weighted by molar-refractivity contribution is 5.78. The van der Waals surface area contributed by atoms with Crippen molar-refractivity contribution in [3.8, 4) is 0 Å². The molecule has 2 rings (SSSR count).